The zero-order valence-electron chi connectivity index (χ0n) is 5.93. The van der Waals surface area contributed by atoms with Gasteiger partial charge in [-0.25, -0.2) is 22.0 Å². The van der Waals surface area contributed by atoms with Crippen LogP contribution in [0.25, 0.3) is 0 Å². The van der Waals surface area contributed by atoms with Gasteiger partial charge in [0.1, 0.15) is 12.3 Å². The van der Waals surface area contributed by atoms with Crippen LogP contribution in [-0.2, 0) is 0 Å². The average Bonchev–Trinajstić information content (AvgIpc) is 2.08. The molecule has 12 heavy (non-hydrogen) atoms. The number of alkyl halides is 5. The van der Waals surface area contributed by atoms with Crippen molar-refractivity contribution < 1.29 is 22.0 Å². The van der Waals surface area contributed by atoms with E-state index in [2.05, 4.69) is 0 Å². The van der Waals surface area contributed by atoms with Crippen molar-refractivity contribution in [2.24, 2.45) is 0 Å². The summed E-state index contributed by atoms with van der Waals surface area (Å²) in [5, 5.41) is 0. The summed E-state index contributed by atoms with van der Waals surface area (Å²) in [4.78, 5) is 0. The lowest BCUT2D eigenvalue weighted by molar-refractivity contribution is -0.0496. The van der Waals surface area contributed by atoms with Crippen LogP contribution in [0.3, 0.4) is 0 Å². The fourth-order valence-corrected chi connectivity index (χ4v) is 1.13. The van der Waals surface area contributed by atoms with Crippen LogP contribution in [0.5, 0.6) is 0 Å². The quantitative estimate of drug-likeness (QED) is 0.396. The third-order valence-electron chi connectivity index (χ3n) is 1.95. The van der Waals surface area contributed by atoms with Gasteiger partial charge in [0, 0.05) is 0 Å². The van der Waals surface area contributed by atoms with Crippen LogP contribution in [0.2, 0.25) is 5.82 Å². The first-order valence-corrected chi connectivity index (χ1v) is 3.42. The lowest BCUT2D eigenvalue weighted by Gasteiger charge is -2.34. The minimum absolute atomic E-state index is 1.91. The Bertz CT molecular complexity index is 107. The Morgan fingerprint density at radius 3 is 1.17 bits per heavy atom. The van der Waals surface area contributed by atoms with Gasteiger partial charge in [-0.1, -0.05) is 0 Å². The Morgan fingerprint density at radius 2 is 0.833 bits per heavy atom. The maximum Gasteiger partial charge on any atom is 0.168 e. The van der Waals surface area contributed by atoms with Crippen molar-refractivity contribution in [3.63, 3.8) is 0 Å². The van der Waals surface area contributed by atoms with E-state index in [1.165, 1.54) is 0 Å². The van der Waals surface area contributed by atoms with E-state index < -0.39 is 36.7 Å². The molecule has 1 rings (SSSR count). The summed E-state index contributed by atoms with van der Waals surface area (Å²) < 4.78 is 62.2. The first-order valence-electron chi connectivity index (χ1n) is 3.42. The molecular formula is C6H6BF5. The van der Waals surface area contributed by atoms with Gasteiger partial charge >= 0.3 is 0 Å². The molecule has 0 N–H and O–H groups in total. The first-order chi connectivity index (χ1) is 5.46. The van der Waals surface area contributed by atoms with Gasteiger partial charge in [0.2, 0.25) is 0 Å². The molecule has 2 radical (unpaired) electrons. The number of hydrogen-bond donors (Lipinski definition) is 0. The molecule has 4 atom stereocenters. The van der Waals surface area contributed by atoms with E-state index in [0.29, 0.717) is 0 Å². The van der Waals surface area contributed by atoms with Gasteiger partial charge in [0.15, 0.2) is 18.5 Å². The zero-order valence-corrected chi connectivity index (χ0v) is 5.93. The summed E-state index contributed by atoms with van der Waals surface area (Å²) in [6.07, 6.45) is -13.0. The van der Waals surface area contributed by atoms with Crippen LogP contribution in [0.15, 0.2) is 0 Å². The first kappa shape index (κ1) is 9.80. The average molecular weight is 184 g/mol. The molecule has 68 valence electrons. The van der Waals surface area contributed by atoms with E-state index in [1.807, 2.05) is 0 Å². The van der Waals surface area contributed by atoms with Crippen molar-refractivity contribution >= 4 is 7.85 Å². The summed E-state index contributed by atoms with van der Waals surface area (Å²) in [7, 11) is 4.77. The fraction of sp³-hybridized carbons (Fsp3) is 1.00. The molecule has 0 aromatic rings. The van der Waals surface area contributed by atoms with E-state index in [4.69, 9.17) is 7.85 Å². The molecule has 1 aliphatic carbocycles. The van der Waals surface area contributed by atoms with Gasteiger partial charge in [-0.3, -0.25) is 0 Å². The van der Waals surface area contributed by atoms with Crippen molar-refractivity contribution in [2.45, 2.75) is 36.7 Å². The molecule has 6 heteroatoms. The molecule has 0 aromatic heterocycles. The standard InChI is InChI=1S/C6H6BF5/c7-1-2(8)4(10)6(12)5(11)3(1)9/h1-6H. The Hall–Kier alpha value is -0.285. The largest absolute Gasteiger partial charge is 0.245 e. The molecular weight excluding hydrogens is 178 g/mol. The minimum Gasteiger partial charge on any atom is -0.245 e. The smallest absolute Gasteiger partial charge is 0.168 e. The SMILES string of the molecule is [B]C1C(F)C(F)C(F)C(F)C1F. The molecule has 0 aromatic carbocycles. The zero-order chi connectivity index (χ0) is 9.46. The van der Waals surface area contributed by atoms with Crippen LogP contribution in [0, 0.1) is 0 Å². The highest BCUT2D eigenvalue weighted by Crippen LogP contribution is 2.37. The Kier molecular flexibility index (Phi) is 2.63. The maximum absolute atomic E-state index is 12.5. The molecule has 4 unspecified atom stereocenters. The third-order valence-corrected chi connectivity index (χ3v) is 1.95. The van der Waals surface area contributed by atoms with Gasteiger partial charge < -0.3 is 0 Å². The second kappa shape index (κ2) is 3.22. The number of halogens is 5. The van der Waals surface area contributed by atoms with Crippen LogP contribution in [0.4, 0.5) is 22.0 Å². The van der Waals surface area contributed by atoms with E-state index in [1.54, 1.807) is 0 Å². The van der Waals surface area contributed by atoms with Crippen molar-refractivity contribution in [3.8, 4) is 0 Å². The molecule has 1 saturated carbocycles. The summed E-state index contributed by atoms with van der Waals surface area (Å²) in [6, 6.07) is 0. The second-order valence-corrected chi connectivity index (χ2v) is 2.80. The topological polar surface area (TPSA) is 0 Å². The van der Waals surface area contributed by atoms with Crippen molar-refractivity contribution in [3.05, 3.63) is 0 Å². The Morgan fingerprint density at radius 1 is 0.583 bits per heavy atom. The highest BCUT2D eigenvalue weighted by atomic mass is 19.2. The molecule has 1 fully saturated rings. The van der Waals surface area contributed by atoms with E-state index in [9.17, 15) is 22.0 Å². The highest BCUT2D eigenvalue weighted by molar-refractivity contribution is 6.12. The van der Waals surface area contributed by atoms with Crippen LogP contribution >= 0.6 is 0 Å². The summed E-state index contributed by atoms with van der Waals surface area (Å²) in [5.41, 5.74) is 0. The summed E-state index contributed by atoms with van der Waals surface area (Å²) in [5.74, 6) is -1.91. The van der Waals surface area contributed by atoms with Crippen LogP contribution in [-0.4, -0.2) is 38.7 Å². The number of hydrogen-bond acceptors (Lipinski definition) is 0. The van der Waals surface area contributed by atoms with Crippen molar-refractivity contribution in [1.82, 2.24) is 0 Å². The van der Waals surface area contributed by atoms with E-state index >= 15 is 0 Å². The monoisotopic (exact) mass is 184 g/mol. The third kappa shape index (κ3) is 1.31. The molecule has 0 aliphatic heterocycles. The Labute approximate surface area is 67.5 Å². The minimum atomic E-state index is -2.75. The van der Waals surface area contributed by atoms with Gasteiger partial charge in [0.25, 0.3) is 0 Å². The predicted molar refractivity (Wildman–Crippen MR) is 34.0 cm³/mol. The summed E-state index contributed by atoms with van der Waals surface area (Å²) in [6.45, 7) is 0. The predicted octanol–water partition coefficient (Wildman–Crippen LogP) is 1.65. The molecule has 1 aliphatic rings. The lowest BCUT2D eigenvalue weighted by atomic mass is 9.71. The van der Waals surface area contributed by atoms with Crippen LogP contribution in [0.1, 0.15) is 0 Å². The van der Waals surface area contributed by atoms with Crippen molar-refractivity contribution in [2.75, 3.05) is 0 Å². The maximum atomic E-state index is 12.5. The molecule has 0 heterocycles. The second-order valence-electron chi connectivity index (χ2n) is 2.80. The van der Waals surface area contributed by atoms with E-state index in [0.717, 1.165) is 0 Å². The molecule has 0 amide bonds. The molecule has 0 bridgehead atoms. The lowest BCUT2D eigenvalue weighted by Crippen LogP contribution is -2.50. The molecule has 0 spiro atoms. The number of rotatable bonds is 0. The molecule has 0 nitrogen and oxygen atoms in total. The Balaban J connectivity index is 2.76. The van der Waals surface area contributed by atoms with Crippen LogP contribution < -0.4 is 0 Å². The molecule has 0 saturated heterocycles. The normalized spacial score (nSPS) is 55.4. The van der Waals surface area contributed by atoms with E-state index in [-0.39, 0.29) is 0 Å². The fourth-order valence-electron chi connectivity index (χ4n) is 1.13. The highest BCUT2D eigenvalue weighted by Gasteiger charge is 2.51. The van der Waals surface area contributed by atoms with Crippen molar-refractivity contribution in [1.29, 1.82) is 0 Å². The van der Waals surface area contributed by atoms with Gasteiger partial charge in [-0.05, 0) is 5.82 Å². The van der Waals surface area contributed by atoms with Gasteiger partial charge in [0.05, 0.1) is 7.85 Å². The summed E-state index contributed by atoms with van der Waals surface area (Å²) >= 11 is 0. The van der Waals surface area contributed by atoms with Gasteiger partial charge in [-0.15, -0.1) is 0 Å². The van der Waals surface area contributed by atoms with Gasteiger partial charge in [-0.2, -0.15) is 0 Å².